The Labute approximate surface area is 163 Å². The summed E-state index contributed by atoms with van der Waals surface area (Å²) >= 11 is 0. The quantitative estimate of drug-likeness (QED) is 0.844. The fourth-order valence-electron chi connectivity index (χ4n) is 3.27. The van der Waals surface area contributed by atoms with E-state index in [4.69, 9.17) is 9.47 Å². The Balaban J connectivity index is 1.68. The number of hydrogen-bond donors (Lipinski definition) is 1. The molecule has 9 nitrogen and oxygen atoms in total. The monoisotopic (exact) mass is 391 g/mol. The maximum absolute atomic E-state index is 12.3. The molecule has 0 saturated carbocycles. The molecular formula is C19H25N3O6. The van der Waals surface area contributed by atoms with Crippen molar-refractivity contribution in [3.63, 3.8) is 0 Å². The van der Waals surface area contributed by atoms with E-state index < -0.39 is 23.8 Å². The van der Waals surface area contributed by atoms with Gasteiger partial charge < -0.3 is 19.5 Å². The lowest BCUT2D eigenvalue weighted by atomic mass is 10.1. The first-order valence-corrected chi connectivity index (χ1v) is 9.13. The highest BCUT2D eigenvalue weighted by Crippen LogP contribution is 2.26. The molecule has 9 heteroatoms. The van der Waals surface area contributed by atoms with Crippen molar-refractivity contribution in [1.29, 1.82) is 0 Å². The van der Waals surface area contributed by atoms with E-state index in [0.29, 0.717) is 18.8 Å². The average molecular weight is 391 g/mol. The zero-order valence-electron chi connectivity index (χ0n) is 16.3. The Hall–Kier alpha value is -2.81. The van der Waals surface area contributed by atoms with Gasteiger partial charge in [-0.1, -0.05) is 0 Å². The van der Waals surface area contributed by atoms with Crippen molar-refractivity contribution in [2.75, 3.05) is 42.6 Å². The molecule has 0 aromatic heterocycles. The van der Waals surface area contributed by atoms with E-state index in [1.54, 1.807) is 49.9 Å². The van der Waals surface area contributed by atoms with Gasteiger partial charge in [0.2, 0.25) is 0 Å². The van der Waals surface area contributed by atoms with Crippen LogP contribution in [0.2, 0.25) is 0 Å². The van der Waals surface area contributed by atoms with Crippen LogP contribution in [0.1, 0.15) is 20.8 Å². The molecule has 3 amide bonds. The molecule has 1 N–H and O–H groups in total. The van der Waals surface area contributed by atoms with Crippen LogP contribution >= 0.6 is 0 Å². The summed E-state index contributed by atoms with van der Waals surface area (Å²) in [5.41, 5.74) is 0.776. The van der Waals surface area contributed by atoms with Gasteiger partial charge in [0.1, 0.15) is 12.7 Å². The summed E-state index contributed by atoms with van der Waals surface area (Å²) in [7, 11) is 0. The Morgan fingerprint density at radius 1 is 1.18 bits per heavy atom. The summed E-state index contributed by atoms with van der Waals surface area (Å²) in [5, 5.41) is 9.42. The van der Waals surface area contributed by atoms with Crippen LogP contribution in [0.3, 0.4) is 0 Å². The molecule has 152 valence electrons. The molecule has 1 aromatic rings. The minimum absolute atomic E-state index is 0.0652. The van der Waals surface area contributed by atoms with Gasteiger partial charge in [-0.3, -0.25) is 14.6 Å². The molecule has 0 aliphatic carbocycles. The van der Waals surface area contributed by atoms with E-state index in [2.05, 4.69) is 0 Å². The van der Waals surface area contributed by atoms with Crippen molar-refractivity contribution >= 4 is 29.5 Å². The number of amides is 3. The molecule has 0 spiro atoms. The van der Waals surface area contributed by atoms with Gasteiger partial charge in [0.05, 0.1) is 19.7 Å². The van der Waals surface area contributed by atoms with Gasteiger partial charge in [-0.05, 0) is 45.0 Å². The van der Waals surface area contributed by atoms with Crippen molar-refractivity contribution in [3.8, 4) is 0 Å². The highest BCUT2D eigenvalue weighted by Gasteiger charge is 2.37. The molecule has 1 aromatic carbocycles. The molecule has 2 saturated heterocycles. The molecular weight excluding hydrogens is 366 g/mol. The summed E-state index contributed by atoms with van der Waals surface area (Å²) in [6.07, 6.45) is -2.12. The van der Waals surface area contributed by atoms with E-state index in [9.17, 15) is 19.5 Å². The third-order valence-corrected chi connectivity index (χ3v) is 4.76. The summed E-state index contributed by atoms with van der Waals surface area (Å²) in [6.45, 7) is 6.78. The smallest absolute Gasteiger partial charge is 0.414 e. The molecule has 28 heavy (non-hydrogen) atoms. The number of carbonyl (C=O) groups excluding carboxylic acids is 2. The van der Waals surface area contributed by atoms with Crippen LogP contribution in [-0.4, -0.2) is 72.6 Å². The number of cyclic esters (lactones) is 1. The average Bonchev–Trinajstić information content (AvgIpc) is 3.00. The van der Waals surface area contributed by atoms with Gasteiger partial charge in [0, 0.05) is 23.5 Å². The second-order valence-corrected chi connectivity index (χ2v) is 7.79. The predicted octanol–water partition coefficient (Wildman–Crippen LogP) is 2.15. The van der Waals surface area contributed by atoms with Crippen molar-refractivity contribution in [2.45, 2.75) is 32.4 Å². The van der Waals surface area contributed by atoms with Gasteiger partial charge in [-0.2, -0.15) is 0 Å². The molecule has 2 aliphatic heterocycles. The van der Waals surface area contributed by atoms with Gasteiger partial charge in [-0.25, -0.2) is 9.59 Å². The van der Waals surface area contributed by atoms with E-state index in [0.717, 1.165) is 5.69 Å². The number of anilines is 2. The summed E-state index contributed by atoms with van der Waals surface area (Å²) < 4.78 is 10.5. The molecule has 1 unspecified atom stereocenters. The lowest BCUT2D eigenvalue weighted by molar-refractivity contribution is -0.125. The summed E-state index contributed by atoms with van der Waals surface area (Å²) in [4.78, 5) is 40.1. The number of rotatable bonds is 4. The molecule has 0 radical (unpaired) electrons. The highest BCUT2D eigenvalue weighted by atomic mass is 16.6. The van der Waals surface area contributed by atoms with E-state index in [-0.39, 0.29) is 25.6 Å². The lowest BCUT2D eigenvalue weighted by Gasteiger charge is -2.34. The summed E-state index contributed by atoms with van der Waals surface area (Å²) in [5.74, 6) is -0.101. The van der Waals surface area contributed by atoms with E-state index in [1.807, 2.05) is 0 Å². The van der Waals surface area contributed by atoms with Crippen molar-refractivity contribution in [1.82, 2.24) is 4.90 Å². The van der Waals surface area contributed by atoms with Crippen LogP contribution in [0, 0.1) is 0 Å². The predicted molar refractivity (Wildman–Crippen MR) is 102 cm³/mol. The third-order valence-electron chi connectivity index (χ3n) is 4.76. The first-order chi connectivity index (χ1) is 13.2. The van der Waals surface area contributed by atoms with Gasteiger partial charge in [0.15, 0.2) is 0 Å². The Bertz CT molecular complexity index is 758. The standard InChI is InChI=1S/C19H25N3O6/c1-19(2,3)22(17(24)25)11-15-10-21(18(26)28-15)14-6-4-13(5-7-14)20-8-9-27-12-16(20)23/h4-7,15H,8-12H2,1-3H3,(H,24,25). The largest absolute Gasteiger partial charge is 0.465 e. The van der Waals surface area contributed by atoms with Crippen LogP contribution in [0.5, 0.6) is 0 Å². The van der Waals surface area contributed by atoms with Crippen LogP contribution in [0.4, 0.5) is 21.0 Å². The third kappa shape index (κ3) is 4.19. The number of carbonyl (C=O) groups is 3. The number of benzene rings is 1. The fourth-order valence-corrected chi connectivity index (χ4v) is 3.27. The molecule has 2 fully saturated rings. The maximum atomic E-state index is 12.3. The van der Waals surface area contributed by atoms with Crippen molar-refractivity contribution in [2.24, 2.45) is 0 Å². The van der Waals surface area contributed by atoms with Gasteiger partial charge in [0.25, 0.3) is 5.91 Å². The minimum atomic E-state index is -1.05. The van der Waals surface area contributed by atoms with Crippen LogP contribution in [0.25, 0.3) is 0 Å². The fraction of sp³-hybridized carbons (Fsp3) is 0.526. The Morgan fingerprint density at radius 3 is 2.32 bits per heavy atom. The van der Waals surface area contributed by atoms with Crippen LogP contribution < -0.4 is 9.80 Å². The van der Waals surface area contributed by atoms with Crippen molar-refractivity contribution < 1.29 is 29.0 Å². The minimum Gasteiger partial charge on any atom is -0.465 e. The number of morpholine rings is 1. The molecule has 2 heterocycles. The molecule has 3 rings (SSSR count). The first kappa shape index (κ1) is 19.9. The zero-order valence-corrected chi connectivity index (χ0v) is 16.3. The lowest BCUT2D eigenvalue weighted by Crippen LogP contribution is -2.49. The highest BCUT2D eigenvalue weighted by molar-refractivity contribution is 5.95. The summed E-state index contributed by atoms with van der Waals surface area (Å²) in [6, 6.07) is 7.05. The van der Waals surface area contributed by atoms with Crippen LogP contribution in [0.15, 0.2) is 24.3 Å². The number of hydrogen-bond acceptors (Lipinski definition) is 5. The number of ether oxygens (including phenoxy) is 2. The second-order valence-electron chi connectivity index (χ2n) is 7.79. The first-order valence-electron chi connectivity index (χ1n) is 9.13. The topological polar surface area (TPSA) is 99.6 Å². The molecule has 0 bridgehead atoms. The molecule has 1 atom stereocenters. The number of carboxylic acid groups (broad SMARTS) is 1. The molecule has 2 aliphatic rings. The maximum Gasteiger partial charge on any atom is 0.414 e. The van der Waals surface area contributed by atoms with Crippen LogP contribution in [-0.2, 0) is 14.3 Å². The SMILES string of the molecule is CC(C)(C)N(CC1CN(c2ccc(N3CCOCC3=O)cc2)C(=O)O1)C(=O)O. The van der Waals surface area contributed by atoms with Crippen molar-refractivity contribution in [3.05, 3.63) is 24.3 Å². The van der Waals surface area contributed by atoms with E-state index >= 15 is 0 Å². The van der Waals surface area contributed by atoms with Gasteiger partial charge in [-0.15, -0.1) is 0 Å². The normalized spacial score (nSPS) is 20.3. The Kier molecular flexibility index (Phi) is 5.46. The zero-order chi connectivity index (χ0) is 20.5. The Morgan fingerprint density at radius 2 is 1.79 bits per heavy atom. The second kappa shape index (κ2) is 7.67. The van der Waals surface area contributed by atoms with Gasteiger partial charge >= 0.3 is 12.2 Å². The van der Waals surface area contributed by atoms with E-state index in [1.165, 1.54) is 9.80 Å². The number of nitrogens with zero attached hydrogens (tertiary/aromatic N) is 3.